The monoisotopic (exact) mass is 400 g/mol. The highest BCUT2D eigenvalue weighted by Crippen LogP contribution is 2.25. The summed E-state index contributed by atoms with van der Waals surface area (Å²) in [7, 11) is 3.06. The first-order valence-electron chi connectivity index (χ1n) is 9.57. The summed E-state index contributed by atoms with van der Waals surface area (Å²) < 4.78 is 24.3. The molecule has 1 N–H and O–H groups in total. The number of nitrogens with zero attached hydrogens (tertiary/aromatic N) is 1. The Bertz CT molecular complexity index is 879. The van der Waals surface area contributed by atoms with Crippen LogP contribution in [0.25, 0.3) is 0 Å². The van der Waals surface area contributed by atoms with E-state index in [4.69, 9.17) is 9.47 Å². The molecule has 1 aliphatic rings. The topological polar surface area (TPSA) is 67.9 Å². The maximum absolute atomic E-state index is 13.8. The fourth-order valence-electron chi connectivity index (χ4n) is 3.46. The SMILES string of the molecule is COc1ccc(C(=O)NCC2CCN(C(=O)c3ccccc3F)CC2)c(OC)c1. The van der Waals surface area contributed by atoms with E-state index in [-0.39, 0.29) is 23.3 Å². The molecule has 29 heavy (non-hydrogen) atoms. The number of rotatable bonds is 6. The van der Waals surface area contributed by atoms with Crippen molar-refractivity contribution in [1.82, 2.24) is 10.2 Å². The van der Waals surface area contributed by atoms with Crippen LogP contribution in [0.1, 0.15) is 33.6 Å². The molecule has 0 aromatic heterocycles. The fourth-order valence-corrected chi connectivity index (χ4v) is 3.46. The normalized spacial score (nSPS) is 14.4. The van der Waals surface area contributed by atoms with Crippen molar-refractivity contribution >= 4 is 11.8 Å². The van der Waals surface area contributed by atoms with E-state index < -0.39 is 5.82 Å². The third-order valence-electron chi connectivity index (χ3n) is 5.21. The molecular weight excluding hydrogens is 375 g/mol. The van der Waals surface area contributed by atoms with Gasteiger partial charge in [0, 0.05) is 25.7 Å². The van der Waals surface area contributed by atoms with E-state index in [0.29, 0.717) is 36.7 Å². The number of carbonyl (C=O) groups is 2. The van der Waals surface area contributed by atoms with Crippen LogP contribution in [0.3, 0.4) is 0 Å². The molecule has 0 aliphatic carbocycles. The number of nitrogens with one attached hydrogen (secondary N) is 1. The van der Waals surface area contributed by atoms with Gasteiger partial charge in [-0.15, -0.1) is 0 Å². The van der Waals surface area contributed by atoms with Gasteiger partial charge in [0.15, 0.2) is 0 Å². The highest BCUT2D eigenvalue weighted by Gasteiger charge is 2.25. The van der Waals surface area contributed by atoms with Gasteiger partial charge >= 0.3 is 0 Å². The second-order valence-corrected chi connectivity index (χ2v) is 6.99. The molecule has 2 aromatic carbocycles. The molecule has 2 amide bonds. The predicted octanol–water partition coefficient (Wildman–Crippen LogP) is 3.13. The number of hydrogen-bond acceptors (Lipinski definition) is 4. The molecule has 2 aromatic rings. The lowest BCUT2D eigenvalue weighted by atomic mass is 9.96. The molecule has 7 heteroatoms. The summed E-state index contributed by atoms with van der Waals surface area (Å²) in [6.07, 6.45) is 1.50. The van der Waals surface area contributed by atoms with Gasteiger partial charge < -0.3 is 19.7 Å². The third kappa shape index (κ3) is 4.85. The molecular formula is C22H25FN2O4. The van der Waals surface area contributed by atoms with E-state index in [0.717, 1.165) is 12.8 Å². The molecule has 0 bridgehead atoms. The maximum Gasteiger partial charge on any atom is 0.256 e. The zero-order valence-electron chi connectivity index (χ0n) is 16.6. The number of benzene rings is 2. The Balaban J connectivity index is 1.52. The maximum atomic E-state index is 13.8. The van der Waals surface area contributed by atoms with Crippen LogP contribution < -0.4 is 14.8 Å². The Morgan fingerprint density at radius 3 is 2.45 bits per heavy atom. The van der Waals surface area contributed by atoms with Gasteiger partial charge in [-0.05, 0) is 43.0 Å². The molecule has 0 atom stereocenters. The first-order valence-corrected chi connectivity index (χ1v) is 9.57. The van der Waals surface area contributed by atoms with Gasteiger partial charge in [0.1, 0.15) is 17.3 Å². The molecule has 154 valence electrons. The first kappa shape index (κ1) is 20.6. The third-order valence-corrected chi connectivity index (χ3v) is 5.21. The summed E-state index contributed by atoms with van der Waals surface area (Å²) in [6, 6.07) is 11.1. The lowest BCUT2D eigenvalue weighted by molar-refractivity contribution is 0.0679. The Kier molecular flexibility index (Phi) is 6.69. The number of hydrogen-bond donors (Lipinski definition) is 1. The van der Waals surface area contributed by atoms with E-state index in [1.54, 1.807) is 42.3 Å². The van der Waals surface area contributed by atoms with Gasteiger partial charge in [0.2, 0.25) is 0 Å². The highest BCUT2D eigenvalue weighted by atomic mass is 19.1. The van der Waals surface area contributed by atoms with Crippen molar-refractivity contribution in [1.29, 1.82) is 0 Å². The van der Waals surface area contributed by atoms with Crippen molar-refractivity contribution in [2.75, 3.05) is 33.9 Å². The van der Waals surface area contributed by atoms with Gasteiger partial charge in [-0.2, -0.15) is 0 Å². The van der Waals surface area contributed by atoms with Crippen LogP contribution in [0.4, 0.5) is 4.39 Å². The van der Waals surface area contributed by atoms with Gasteiger partial charge in [-0.1, -0.05) is 12.1 Å². The number of halogens is 1. The average molecular weight is 400 g/mol. The lowest BCUT2D eigenvalue weighted by Crippen LogP contribution is -2.41. The Labute approximate surface area is 169 Å². The number of likely N-dealkylation sites (tertiary alicyclic amines) is 1. The van der Waals surface area contributed by atoms with Crippen molar-refractivity contribution in [3.63, 3.8) is 0 Å². The van der Waals surface area contributed by atoms with Crippen molar-refractivity contribution in [2.24, 2.45) is 5.92 Å². The summed E-state index contributed by atoms with van der Waals surface area (Å²) in [5.74, 6) is 0.327. The Morgan fingerprint density at radius 2 is 1.79 bits per heavy atom. The van der Waals surface area contributed by atoms with Crippen LogP contribution >= 0.6 is 0 Å². The molecule has 0 radical (unpaired) electrons. The minimum Gasteiger partial charge on any atom is -0.497 e. The number of methoxy groups -OCH3 is 2. The fraction of sp³-hybridized carbons (Fsp3) is 0.364. The molecule has 1 saturated heterocycles. The number of amides is 2. The van der Waals surface area contributed by atoms with Crippen molar-refractivity contribution in [3.8, 4) is 11.5 Å². The van der Waals surface area contributed by atoms with Gasteiger partial charge in [0.25, 0.3) is 11.8 Å². The van der Waals surface area contributed by atoms with Crippen LogP contribution in [-0.2, 0) is 0 Å². The minimum absolute atomic E-state index is 0.103. The van der Waals surface area contributed by atoms with E-state index >= 15 is 0 Å². The van der Waals surface area contributed by atoms with Crippen molar-refractivity contribution in [2.45, 2.75) is 12.8 Å². The summed E-state index contributed by atoms with van der Waals surface area (Å²) in [4.78, 5) is 26.7. The zero-order chi connectivity index (χ0) is 20.8. The number of carbonyl (C=O) groups excluding carboxylic acids is 2. The zero-order valence-corrected chi connectivity index (χ0v) is 16.6. The smallest absolute Gasteiger partial charge is 0.256 e. The second kappa shape index (κ2) is 9.41. The highest BCUT2D eigenvalue weighted by molar-refractivity contribution is 5.97. The van der Waals surface area contributed by atoms with Crippen LogP contribution in [0.15, 0.2) is 42.5 Å². The van der Waals surface area contributed by atoms with Crippen LogP contribution in [0.5, 0.6) is 11.5 Å². The Hall–Kier alpha value is -3.09. The predicted molar refractivity (Wildman–Crippen MR) is 107 cm³/mol. The lowest BCUT2D eigenvalue weighted by Gasteiger charge is -2.32. The second-order valence-electron chi connectivity index (χ2n) is 6.99. The van der Waals surface area contributed by atoms with Crippen molar-refractivity contribution in [3.05, 3.63) is 59.4 Å². The number of piperidine rings is 1. The molecule has 1 aliphatic heterocycles. The van der Waals surface area contributed by atoms with E-state index in [9.17, 15) is 14.0 Å². The Morgan fingerprint density at radius 1 is 1.07 bits per heavy atom. The molecule has 0 saturated carbocycles. The van der Waals surface area contributed by atoms with Gasteiger partial charge in [-0.25, -0.2) is 4.39 Å². The molecule has 1 fully saturated rings. The van der Waals surface area contributed by atoms with Crippen LogP contribution in [-0.4, -0.2) is 50.6 Å². The molecule has 0 unspecified atom stereocenters. The summed E-state index contributed by atoms with van der Waals surface area (Å²) >= 11 is 0. The van der Waals surface area contributed by atoms with Crippen molar-refractivity contribution < 1.29 is 23.5 Å². The quantitative estimate of drug-likeness (QED) is 0.809. The largest absolute Gasteiger partial charge is 0.497 e. The van der Waals surface area contributed by atoms with E-state index in [1.807, 2.05) is 0 Å². The standard InChI is InChI=1S/C22H25FN2O4/c1-28-16-7-8-18(20(13-16)29-2)21(26)24-14-15-9-11-25(12-10-15)22(27)17-5-3-4-6-19(17)23/h3-8,13,15H,9-12,14H2,1-2H3,(H,24,26). The summed E-state index contributed by atoms with van der Waals surface area (Å²) in [5.41, 5.74) is 0.548. The van der Waals surface area contributed by atoms with Crippen LogP contribution in [0, 0.1) is 11.7 Å². The average Bonchev–Trinajstić information content (AvgIpc) is 2.77. The van der Waals surface area contributed by atoms with E-state index in [1.165, 1.54) is 19.2 Å². The molecule has 6 nitrogen and oxygen atoms in total. The van der Waals surface area contributed by atoms with E-state index in [2.05, 4.69) is 5.32 Å². The van der Waals surface area contributed by atoms with Gasteiger partial charge in [0.05, 0.1) is 25.3 Å². The molecule has 1 heterocycles. The minimum atomic E-state index is -0.500. The number of ether oxygens (including phenoxy) is 2. The molecule has 0 spiro atoms. The van der Waals surface area contributed by atoms with Gasteiger partial charge in [-0.3, -0.25) is 9.59 Å². The first-order chi connectivity index (χ1) is 14.0. The van der Waals surface area contributed by atoms with Crippen LogP contribution in [0.2, 0.25) is 0 Å². The summed E-state index contributed by atoms with van der Waals surface area (Å²) in [6.45, 7) is 1.59. The summed E-state index contributed by atoms with van der Waals surface area (Å²) in [5, 5.41) is 2.94. The molecule has 3 rings (SSSR count).